The Bertz CT molecular complexity index is 1450. The van der Waals surface area contributed by atoms with Crippen molar-refractivity contribution in [2.24, 2.45) is 9.39 Å². The second-order valence-corrected chi connectivity index (χ2v) is 10.7. The molecule has 2 heterocycles. The van der Waals surface area contributed by atoms with Gasteiger partial charge in [0, 0.05) is 6.26 Å². The lowest BCUT2D eigenvalue weighted by molar-refractivity contribution is -0.114. The van der Waals surface area contributed by atoms with Crippen LogP contribution >= 0.6 is 23.5 Å². The van der Waals surface area contributed by atoms with Gasteiger partial charge in [0.25, 0.3) is 5.91 Å². The third-order valence-corrected chi connectivity index (χ3v) is 7.08. The Kier molecular flexibility index (Phi) is 7.62. The van der Waals surface area contributed by atoms with E-state index in [9.17, 15) is 13.2 Å². The average Bonchev–Trinajstić information content (AvgIpc) is 3.26. The number of nitrogens with one attached hydrogen (secondary N) is 1. The van der Waals surface area contributed by atoms with Crippen molar-refractivity contribution in [3.63, 3.8) is 0 Å². The number of benzene rings is 2. The third kappa shape index (κ3) is 5.53. The number of aliphatic imine (C=N–C) groups is 1. The minimum atomic E-state index is -3.72. The standard InChI is InChI=1S/C24H21ClN4O5S2/c1-3-6-16-7-4-5-8-19(16)33-11-12-34-20-10-9-15(14-18(20)25)13-17-21(26)29-23(27-22(17)30)35-28-24(29)36(2,31)32/h3-5,7-10,13-14,26H,1,6,11-12H2,2H3/b17-13-,26-21?. The summed E-state index contributed by atoms with van der Waals surface area (Å²) < 4.78 is 39.4. The van der Waals surface area contributed by atoms with Crippen molar-refractivity contribution in [1.82, 2.24) is 4.90 Å². The summed E-state index contributed by atoms with van der Waals surface area (Å²) in [6.45, 7) is 4.31. The van der Waals surface area contributed by atoms with Gasteiger partial charge in [0.1, 0.15) is 30.5 Å². The molecule has 1 N–H and O–H groups in total. The first-order chi connectivity index (χ1) is 17.2. The molecule has 186 valence electrons. The smallest absolute Gasteiger partial charge is 0.283 e. The van der Waals surface area contributed by atoms with Crippen molar-refractivity contribution in [2.75, 3.05) is 19.5 Å². The number of halogens is 1. The molecule has 36 heavy (non-hydrogen) atoms. The van der Waals surface area contributed by atoms with E-state index >= 15 is 0 Å². The molecule has 1 amide bonds. The summed E-state index contributed by atoms with van der Waals surface area (Å²) in [6, 6.07) is 12.6. The lowest BCUT2D eigenvalue weighted by atomic mass is 10.1. The number of fused-ring (bicyclic) bond motifs is 1. The van der Waals surface area contributed by atoms with Gasteiger partial charge in [0.15, 0.2) is 0 Å². The van der Waals surface area contributed by atoms with Crippen LogP contribution in [0.4, 0.5) is 0 Å². The number of amidine groups is 3. The molecule has 2 aromatic rings. The molecule has 0 unspecified atom stereocenters. The SMILES string of the molecule is C=CCc1ccccc1OCCOc1ccc(/C=C2/C(=N)N3C(=NC2=O)SN=C3S(C)(=O)=O)cc1Cl. The van der Waals surface area contributed by atoms with E-state index in [1.807, 2.05) is 30.3 Å². The molecule has 12 heteroatoms. The predicted molar refractivity (Wildman–Crippen MR) is 143 cm³/mol. The first-order valence-electron chi connectivity index (χ1n) is 10.6. The van der Waals surface area contributed by atoms with E-state index in [0.29, 0.717) is 29.4 Å². The molecule has 0 saturated heterocycles. The van der Waals surface area contributed by atoms with Gasteiger partial charge in [-0.1, -0.05) is 41.9 Å². The first-order valence-corrected chi connectivity index (χ1v) is 13.7. The zero-order valence-electron chi connectivity index (χ0n) is 19.1. The highest BCUT2D eigenvalue weighted by molar-refractivity contribution is 8.16. The summed E-state index contributed by atoms with van der Waals surface area (Å²) in [7, 11) is -3.72. The number of hydrogen-bond acceptors (Lipinski definition) is 8. The fourth-order valence-electron chi connectivity index (χ4n) is 3.40. The Labute approximate surface area is 217 Å². The van der Waals surface area contributed by atoms with Crippen LogP contribution in [0.2, 0.25) is 5.02 Å². The zero-order valence-corrected chi connectivity index (χ0v) is 21.5. The number of nitrogens with zero attached hydrogens (tertiary/aromatic N) is 3. The molecule has 0 saturated carbocycles. The second kappa shape index (κ2) is 10.7. The molecule has 2 aliphatic rings. The van der Waals surface area contributed by atoms with Crippen molar-refractivity contribution in [1.29, 1.82) is 5.41 Å². The molecular weight excluding hydrogens is 524 g/mol. The normalized spacial score (nSPS) is 16.5. The highest BCUT2D eigenvalue weighted by Gasteiger charge is 2.41. The molecule has 0 fully saturated rings. The maximum Gasteiger partial charge on any atom is 0.283 e. The van der Waals surface area contributed by atoms with Gasteiger partial charge in [-0.25, -0.2) is 13.3 Å². The Hall–Kier alpha value is -3.41. The molecular formula is C24H21ClN4O5S2. The van der Waals surface area contributed by atoms with Gasteiger partial charge in [0.05, 0.1) is 22.5 Å². The highest BCUT2D eigenvalue weighted by Crippen LogP contribution is 2.31. The summed E-state index contributed by atoms with van der Waals surface area (Å²) in [5, 5.41) is 8.39. The van der Waals surface area contributed by atoms with E-state index < -0.39 is 15.7 Å². The van der Waals surface area contributed by atoms with E-state index in [1.165, 1.54) is 6.08 Å². The van der Waals surface area contributed by atoms with Gasteiger partial charge in [-0.05, 0) is 41.8 Å². The molecule has 9 nitrogen and oxygen atoms in total. The molecule has 0 aliphatic carbocycles. The number of hydrogen-bond donors (Lipinski definition) is 1. The van der Waals surface area contributed by atoms with Gasteiger partial charge in [-0.15, -0.1) is 6.58 Å². The van der Waals surface area contributed by atoms with Gasteiger partial charge in [-0.2, -0.15) is 9.39 Å². The van der Waals surface area contributed by atoms with E-state index in [-0.39, 0.29) is 28.4 Å². The van der Waals surface area contributed by atoms with Crippen molar-refractivity contribution < 1.29 is 22.7 Å². The van der Waals surface area contributed by atoms with Crippen LogP contribution in [0.15, 0.2) is 70.1 Å². The number of amides is 1. The van der Waals surface area contributed by atoms with Crippen LogP contribution < -0.4 is 9.47 Å². The quantitative estimate of drug-likeness (QED) is 0.229. The van der Waals surface area contributed by atoms with Gasteiger partial charge < -0.3 is 9.47 Å². The topological polar surface area (TPSA) is 121 Å². The molecule has 0 spiro atoms. The number of allylic oxidation sites excluding steroid dienone is 1. The minimum absolute atomic E-state index is 0.0266. The fourth-order valence-corrected chi connectivity index (χ4v) is 5.49. The number of rotatable bonds is 8. The summed E-state index contributed by atoms with van der Waals surface area (Å²) in [5.74, 6) is 0.188. The van der Waals surface area contributed by atoms with Crippen LogP contribution in [0.25, 0.3) is 6.08 Å². The van der Waals surface area contributed by atoms with E-state index in [1.54, 1.807) is 18.2 Å². The van der Waals surface area contributed by atoms with E-state index in [0.717, 1.165) is 34.4 Å². The fraction of sp³-hybridized carbons (Fsp3) is 0.167. The van der Waals surface area contributed by atoms with Crippen molar-refractivity contribution in [3.05, 3.63) is 76.8 Å². The van der Waals surface area contributed by atoms with Crippen LogP contribution in [0.5, 0.6) is 11.5 Å². The van der Waals surface area contributed by atoms with Crippen molar-refractivity contribution >= 4 is 61.5 Å². The van der Waals surface area contributed by atoms with Crippen LogP contribution in [0.3, 0.4) is 0 Å². The Balaban J connectivity index is 1.43. The number of ether oxygens (including phenoxy) is 2. The van der Waals surface area contributed by atoms with Crippen LogP contribution in [-0.4, -0.2) is 54.9 Å². The number of para-hydroxylation sites is 1. The highest BCUT2D eigenvalue weighted by atomic mass is 35.5. The third-order valence-electron chi connectivity index (χ3n) is 5.03. The molecule has 0 atom stereocenters. The number of carbonyl (C=O) groups excluding carboxylic acids is 1. The Morgan fingerprint density at radius 1 is 1.17 bits per heavy atom. The molecule has 0 aromatic heterocycles. The monoisotopic (exact) mass is 544 g/mol. The van der Waals surface area contributed by atoms with Crippen LogP contribution in [-0.2, 0) is 21.1 Å². The summed E-state index contributed by atoms with van der Waals surface area (Å²) in [5.41, 5.74) is 1.46. The zero-order chi connectivity index (χ0) is 25.9. The Morgan fingerprint density at radius 2 is 1.89 bits per heavy atom. The maximum absolute atomic E-state index is 12.5. The number of sulfone groups is 1. The van der Waals surface area contributed by atoms with Gasteiger partial charge in [-0.3, -0.25) is 10.2 Å². The van der Waals surface area contributed by atoms with Crippen LogP contribution in [0, 0.1) is 5.41 Å². The van der Waals surface area contributed by atoms with Gasteiger partial charge >= 0.3 is 0 Å². The molecule has 2 aliphatic heterocycles. The van der Waals surface area contributed by atoms with Crippen molar-refractivity contribution in [3.8, 4) is 11.5 Å². The maximum atomic E-state index is 12.5. The summed E-state index contributed by atoms with van der Waals surface area (Å²) in [4.78, 5) is 17.4. The Morgan fingerprint density at radius 3 is 2.58 bits per heavy atom. The van der Waals surface area contributed by atoms with Crippen LogP contribution in [0.1, 0.15) is 11.1 Å². The van der Waals surface area contributed by atoms with Gasteiger partial charge in [0.2, 0.25) is 20.2 Å². The first kappa shape index (κ1) is 25.7. The molecule has 0 bridgehead atoms. The lowest BCUT2D eigenvalue weighted by Gasteiger charge is -2.23. The largest absolute Gasteiger partial charge is 0.490 e. The molecule has 2 aromatic carbocycles. The number of carbonyl (C=O) groups is 1. The summed E-state index contributed by atoms with van der Waals surface area (Å²) in [6.07, 6.45) is 4.91. The predicted octanol–water partition coefficient (Wildman–Crippen LogP) is 4.15. The lowest BCUT2D eigenvalue weighted by Crippen LogP contribution is -2.45. The van der Waals surface area contributed by atoms with E-state index in [4.69, 9.17) is 26.5 Å². The summed E-state index contributed by atoms with van der Waals surface area (Å²) >= 11 is 7.11. The molecule has 4 rings (SSSR count). The van der Waals surface area contributed by atoms with Crippen molar-refractivity contribution in [2.45, 2.75) is 6.42 Å². The second-order valence-electron chi connectivity index (χ2n) is 7.67. The molecule has 0 radical (unpaired) electrons. The minimum Gasteiger partial charge on any atom is -0.490 e. The van der Waals surface area contributed by atoms with E-state index in [2.05, 4.69) is 16.0 Å². The average molecular weight is 545 g/mol.